The van der Waals surface area contributed by atoms with Crippen LogP contribution in [0.15, 0.2) is 54.6 Å². The van der Waals surface area contributed by atoms with E-state index in [2.05, 4.69) is 0 Å². The van der Waals surface area contributed by atoms with E-state index >= 15 is 0 Å². The van der Waals surface area contributed by atoms with E-state index in [0.717, 1.165) is 5.56 Å². The number of phenols is 1. The molecule has 0 aliphatic rings. The maximum atomic E-state index is 11.2. The molecule has 2 aromatic rings. The second-order valence-electron chi connectivity index (χ2n) is 4.68. The monoisotopic (exact) mass is 303 g/mol. The lowest BCUT2D eigenvalue weighted by atomic mass is 10.1. The zero-order chi connectivity index (χ0) is 15.2. The lowest BCUT2D eigenvalue weighted by Gasteiger charge is -2.21. The Kier molecular flexibility index (Phi) is 5.25. The molecule has 5 heteroatoms. The van der Waals surface area contributed by atoms with Crippen LogP contribution in [0.1, 0.15) is 16.4 Å². The van der Waals surface area contributed by atoms with Gasteiger partial charge in [0, 0.05) is 5.75 Å². The topological polar surface area (TPSA) is 83.6 Å². The van der Waals surface area contributed by atoms with Gasteiger partial charge in [0.1, 0.15) is 11.8 Å². The number of aromatic hydroxyl groups is 1. The molecular formula is C16H17NO3S. The minimum atomic E-state index is -1.05. The summed E-state index contributed by atoms with van der Waals surface area (Å²) in [6.45, 7) is 0. The summed E-state index contributed by atoms with van der Waals surface area (Å²) < 4.78 is 0. The summed E-state index contributed by atoms with van der Waals surface area (Å²) in [5.41, 5.74) is 7.62. The first-order valence-electron chi connectivity index (χ1n) is 6.51. The summed E-state index contributed by atoms with van der Waals surface area (Å²) in [5, 5.41) is 18.3. The van der Waals surface area contributed by atoms with Crippen molar-refractivity contribution in [1.29, 1.82) is 0 Å². The molecule has 0 bridgehead atoms. The van der Waals surface area contributed by atoms with E-state index in [9.17, 15) is 15.0 Å². The van der Waals surface area contributed by atoms with Gasteiger partial charge in [-0.15, -0.1) is 11.8 Å². The number of aliphatic carboxylic acids is 1. The summed E-state index contributed by atoms with van der Waals surface area (Å²) in [6, 6.07) is 15.3. The van der Waals surface area contributed by atoms with Crippen LogP contribution >= 0.6 is 11.8 Å². The SMILES string of the molecule is N[C@@H](C(=O)O)[C@H](SCc1ccccc1)c1cccc(O)c1. The van der Waals surface area contributed by atoms with E-state index in [1.54, 1.807) is 24.3 Å². The van der Waals surface area contributed by atoms with Crippen LogP contribution in [0.3, 0.4) is 0 Å². The number of rotatable bonds is 6. The number of carboxylic acid groups (broad SMARTS) is 1. The molecule has 0 radical (unpaired) electrons. The van der Waals surface area contributed by atoms with Crippen LogP contribution in [-0.2, 0) is 10.5 Å². The summed E-state index contributed by atoms with van der Waals surface area (Å²) in [6.07, 6.45) is 0. The highest BCUT2D eigenvalue weighted by Crippen LogP contribution is 2.35. The van der Waals surface area contributed by atoms with E-state index in [1.165, 1.54) is 11.8 Å². The first-order chi connectivity index (χ1) is 10.1. The third-order valence-corrected chi connectivity index (χ3v) is 4.51. The van der Waals surface area contributed by atoms with Crippen molar-refractivity contribution in [3.05, 3.63) is 65.7 Å². The van der Waals surface area contributed by atoms with Gasteiger partial charge in [-0.05, 0) is 23.3 Å². The number of carboxylic acids is 1. The Bertz CT molecular complexity index is 603. The molecule has 2 atom stereocenters. The molecule has 0 saturated heterocycles. The van der Waals surface area contributed by atoms with Crippen molar-refractivity contribution < 1.29 is 15.0 Å². The minimum Gasteiger partial charge on any atom is -0.508 e. The number of hydrogen-bond donors (Lipinski definition) is 3. The number of thioether (sulfide) groups is 1. The molecule has 0 aliphatic heterocycles. The highest BCUT2D eigenvalue weighted by molar-refractivity contribution is 7.98. The average molecular weight is 303 g/mol. The largest absolute Gasteiger partial charge is 0.508 e. The molecule has 0 spiro atoms. The van der Waals surface area contributed by atoms with Gasteiger partial charge in [-0.25, -0.2) is 0 Å². The Balaban J connectivity index is 2.18. The fraction of sp³-hybridized carbons (Fsp3) is 0.188. The maximum Gasteiger partial charge on any atom is 0.321 e. The Morgan fingerprint density at radius 3 is 2.48 bits per heavy atom. The third kappa shape index (κ3) is 4.24. The number of nitrogens with two attached hydrogens (primary N) is 1. The van der Waals surface area contributed by atoms with Crippen molar-refractivity contribution in [2.75, 3.05) is 0 Å². The Hall–Kier alpha value is -1.98. The van der Waals surface area contributed by atoms with Crippen LogP contribution in [0.2, 0.25) is 0 Å². The molecule has 4 nitrogen and oxygen atoms in total. The second kappa shape index (κ2) is 7.15. The van der Waals surface area contributed by atoms with Crippen LogP contribution in [0.5, 0.6) is 5.75 Å². The van der Waals surface area contributed by atoms with Crippen molar-refractivity contribution in [2.24, 2.45) is 5.73 Å². The zero-order valence-electron chi connectivity index (χ0n) is 11.3. The second-order valence-corrected chi connectivity index (χ2v) is 5.81. The molecule has 0 amide bonds. The molecule has 0 unspecified atom stereocenters. The van der Waals surface area contributed by atoms with Crippen LogP contribution < -0.4 is 5.73 Å². The van der Waals surface area contributed by atoms with E-state index < -0.39 is 17.3 Å². The number of phenolic OH excluding ortho intramolecular Hbond substituents is 1. The molecule has 21 heavy (non-hydrogen) atoms. The molecule has 0 aromatic heterocycles. The van der Waals surface area contributed by atoms with Gasteiger partial charge in [-0.3, -0.25) is 4.79 Å². The molecule has 0 heterocycles. The maximum absolute atomic E-state index is 11.2. The Morgan fingerprint density at radius 1 is 1.14 bits per heavy atom. The molecular weight excluding hydrogens is 286 g/mol. The number of benzene rings is 2. The van der Waals surface area contributed by atoms with Gasteiger partial charge in [0.05, 0.1) is 5.25 Å². The quantitative estimate of drug-likeness (QED) is 0.764. The van der Waals surface area contributed by atoms with Gasteiger partial charge in [0.15, 0.2) is 0 Å². The van der Waals surface area contributed by atoms with Crippen LogP contribution in [0, 0.1) is 0 Å². The molecule has 0 fully saturated rings. The lowest BCUT2D eigenvalue weighted by molar-refractivity contribution is -0.138. The predicted octanol–water partition coefficient (Wildman–Crippen LogP) is 2.78. The molecule has 0 saturated carbocycles. The van der Waals surface area contributed by atoms with Gasteiger partial charge in [0.25, 0.3) is 0 Å². The Labute approximate surface area is 127 Å². The highest BCUT2D eigenvalue weighted by atomic mass is 32.2. The predicted molar refractivity (Wildman–Crippen MR) is 84.2 cm³/mol. The molecule has 4 N–H and O–H groups in total. The first-order valence-corrected chi connectivity index (χ1v) is 7.55. The zero-order valence-corrected chi connectivity index (χ0v) is 12.2. The van der Waals surface area contributed by atoms with E-state index in [4.69, 9.17) is 5.73 Å². The highest BCUT2D eigenvalue weighted by Gasteiger charge is 2.26. The summed E-state index contributed by atoms with van der Waals surface area (Å²) in [4.78, 5) is 11.2. The van der Waals surface area contributed by atoms with Crippen molar-refractivity contribution in [1.82, 2.24) is 0 Å². The van der Waals surface area contributed by atoms with Crippen molar-refractivity contribution >= 4 is 17.7 Å². The molecule has 2 rings (SSSR count). The van der Waals surface area contributed by atoms with Crippen molar-refractivity contribution in [3.63, 3.8) is 0 Å². The van der Waals surface area contributed by atoms with Crippen LogP contribution in [0.4, 0.5) is 0 Å². The molecule has 110 valence electrons. The average Bonchev–Trinajstić information content (AvgIpc) is 2.48. The summed E-state index contributed by atoms with van der Waals surface area (Å²) in [5.74, 6) is -0.290. The fourth-order valence-electron chi connectivity index (χ4n) is 2.00. The Morgan fingerprint density at radius 2 is 1.86 bits per heavy atom. The van der Waals surface area contributed by atoms with Gasteiger partial charge in [-0.1, -0.05) is 42.5 Å². The third-order valence-electron chi connectivity index (χ3n) is 3.08. The van der Waals surface area contributed by atoms with Gasteiger partial charge in [0.2, 0.25) is 0 Å². The van der Waals surface area contributed by atoms with Crippen molar-refractivity contribution in [2.45, 2.75) is 17.0 Å². The van der Waals surface area contributed by atoms with E-state index in [0.29, 0.717) is 11.3 Å². The van der Waals surface area contributed by atoms with E-state index in [-0.39, 0.29) is 5.75 Å². The standard InChI is InChI=1S/C16H17NO3S/c17-14(16(19)20)15(12-7-4-8-13(18)9-12)21-10-11-5-2-1-3-6-11/h1-9,14-15,18H,10,17H2,(H,19,20)/t14-,15-/m1/s1. The molecule has 0 aliphatic carbocycles. The molecule has 2 aromatic carbocycles. The summed E-state index contributed by atoms with van der Waals surface area (Å²) in [7, 11) is 0. The smallest absolute Gasteiger partial charge is 0.321 e. The van der Waals surface area contributed by atoms with Gasteiger partial charge < -0.3 is 15.9 Å². The first kappa shape index (κ1) is 15.4. The normalized spacial score (nSPS) is 13.6. The van der Waals surface area contributed by atoms with Crippen molar-refractivity contribution in [3.8, 4) is 5.75 Å². The lowest BCUT2D eigenvalue weighted by Crippen LogP contribution is -2.35. The van der Waals surface area contributed by atoms with E-state index in [1.807, 2.05) is 30.3 Å². The number of carbonyl (C=O) groups is 1. The number of hydrogen-bond acceptors (Lipinski definition) is 4. The van der Waals surface area contributed by atoms with Crippen LogP contribution in [-0.4, -0.2) is 22.2 Å². The van der Waals surface area contributed by atoms with Gasteiger partial charge >= 0.3 is 5.97 Å². The fourth-order valence-corrected chi connectivity index (χ4v) is 3.23. The minimum absolute atomic E-state index is 0.107. The summed E-state index contributed by atoms with van der Waals surface area (Å²) >= 11 is 1.46. The van der Waals surface area contributed by atoms with Crippen LogP contribution in [0.25, 0.3) is 0 Å². The van der Waals surface area contributed by atoms with Gasteiger partial charge in [-0.2, -0.15) is 0 Å².